The number of nitrogens with zero attached hydrogens (tertiary/aromatic N) is 4. The molecule has 8 nitrogen and oxygen atoms in total. The number of aryl methyl sites for hydroxylation is 1. The molecule has 24 heavy (non-hydrogen) atoms. The molecule has 2 heterocycles. The van der Waals surface area contributed by atoms with E-state index in [1.54, 1.807) is 25.4 Å². The summed E-state index contributed by atoms with van der Waals surface area (Å²) in [6.45, 7) is 2.49. The summed E-state index contributed by atoms with van der Waals surface area (Å²) in [5, 5.41) is 6.86. The van der Waals surface area contributed by atoms with Crippen LogP contribution in [-0.2, 0) is 0 Å². The number of carbonyl (C=O) groups is 1. The molecule has 8 heteroatoms. The zero-order valence-corrected chi connectivity index (χ0v) is 13.4. The molecule has 1 aromatic carbocycles. The van der Waals surface area contributed by atoms with Gasteiger partial charge in [0.25, 0.3) is 11.7 Å². The van der Waals surface area contributed by atoms with Crippen LogP contribution in [0.1, 0.15) is 16.3 Å². The minimum Gasteiger partial charge on any atom is -0.493 e. The van der Waals surface area contributed by atoms with Crippen molar-refractivity contribution in [3.8, 4) is 11.5 Å². The van der Waals surface area contributed by atoms with Crippen molar-refractivity contribution in [2.75, 3.05) is 20.3 Å². The van der Waals surface area contributed by atoms with E-state index < -0.39 is 0 Å². The number of fused-ring (bicyclic) bond motifs is 1. The first kappa shape index (κ1) is 15.7. The lowest BCUT2D eigenvalue weighted by Crippen LogP contribution is -2.29. The molecule has 0 saturated carbocycles. The minimum atomic E-state index is -0.372. The van der Waals surface area contributed by atoms with Gasteiger partial charge in [0.2, 0.25) is 5.82 Å². The lowest BCUT2D eigenvalue weighted by Gasteiger charge is -2.10. The van der Waals surface area contributed by atoms with Gasteiger partial charge in [-0.15, -0.1) is 5.10 Å². The Kier molecular flexibility index (Phi) is 4.55. The SMILES string of the molecule is COc1ccccc1OCCNC(=O)c1nc2nccc(C)n2n1. The molecular weight excluding hydrogens is 310 g/mol. The molecule has 0 spiro atoms. The number of amides is 1. The van der Waals surface area contributed by atoms with Crippen LogP contribution >= 0.6 is 0 Å². The Hall–Kier alpha value is -3.16. The zero-order chi connectivity index (χ0) is 16.9. The van der Waals surface area contributed by atoms with Gasteiger partial charge in [0.15, 0.2) is 11.5 Å². The summed E-state index contributed by atoms with van der Waals surface area (Å²) in [5.41, 5.74) is 0.853. The van der Waals surface area contributed by atoms with E-state index in [2.05, 4.69) is 20.4 Å². The smallest absolute Gasteiger partial charge is 0.291 e. The molecule has 0 aliphatic rings. The third-order valence-corrected chi connectivity index (χ3v) is 3.35. The van der Waals surface area contributed by atoms with Crippen molar-refractivity contribution in [1.82, 2.24) is 24.9 Å². The highest BCUT2D eigenvalue weighted by Crippen LogP contribution is 2.25. The number of nitrogens with one attached hydrogen (secondary N) is 1. The Bertz CT molecular complexity index is 862. The molecule has 0 unspecified atom stereocenters. The molecule has 0 aliphatic heterocycles. The van der Waals surface area contributed by atoms with Crippen LogP contribution in [-0.4, -0.2) is 45.8 Å². The van der Waals surface area contributed by atoms with Gasteiger partial charge in [0.05, 0.1) is 13.7 Å². The molecule has 0 bridgehead atoms. The van der Waals surface area contributed by atoms with E-state index in [-0.39, 0.29) is 11.7 Å². The molecule has 1 N–H and O–H groups in total. The largest absolute Gasteiger partial charge is 0.493 e. The second-order valence-electron chi connectivity index (χ2n) is 4.99. The highest BCUT2D eigenvalue weighted by Gasteiger charge is 2.13. The predicted molar refractivity (Wildman–Crippen MR) is 86.3 cm³/mol. The number of carbonyl (C=O) groups excluding carboxylic acids is 1. The Morgan fingerprint density at radius 2 is 2.04 bits per heavy atom. The van der Waals surface area contributed by atoms with Gasteiger partial charge in [-0.2, -0.15) is 4.98 Å². The lowest BCUT2D eigenvalue weighted by atomic mass is 10.3. The normalized spacial score (nSPS) is 10.6. The molecule has 0 atom stereocenters. The summed E-state index contributed by atoms with van der Waals surface area (Å²) >= 11 is 0. The van der Waals surface area contributed by atoms with Gasteiger partial charge in [-0.1, -0.05) is 12.1 Å². The van der Waals surface area contributed by atoms with Crippen molar-refractivity contribution < 1.29 is 14.3 Å². The first-order chi connectivity index (χ1) is 11.7. The van der Waals surface area contributed by atoms with E-state index in [1.807, 2.05) is 25.1 Å². The standard InChI is InChI=1S/C16H17N5O3/c1-11-7-8-18-16-19-14(20-21(11)16)15(22)17-9-10-24-13-6-4-3-5-12(13)23-2/h3-8H,9-10H2,1-2H3,(H,17,22). The summed E-state index contributed by atoms with van der Waals surface area (Å²) in [7, 11) is 1.58. The fourth-order valence-corrected chi connectivity index (χ4v) is 2.15. The van der Waals surface area contributed by atoms with Crippen LogP contribution in [0.4, 0.5) is 0 Å². The number of aromatic nitrogens is 4. The van der Waals surface area contributed by atoms with Crippen LogP contribution in [0.15, 0.2) is 36.5 Å². The fourth-order valence-electron chi connectivity index (χ4n) is 2.15. The lowest BCUT2D eigenvalue weighted by molar-refractivity contribution is 0.0936. The van der Waals surface area contributed by atoms with Gasteiger partial charge >= 0.3 is 0 Å². The topological polar surface area (TPSA) is 90.6 Å². The van der Waals surface area contributed by atoms with Gasteiger partial charge in [-0.3, -0.25) is 4.79 Å². The van der Waals surface area contributed by atoms with E-state index >= 15 is 0 Å². The van der Waals surface area contributed by atoms with Gasteiger partial charge in [0, 0.05) is 11.9 Å². The van der Waals surface area contributed by atoms with Crippen molar-refractivity contribution >= 4 is 11.7 Å². The number of methoxy groups -OCH3 is 1. The molecule has 0 fully saturated rings. The van der Waals surface area contributed by atoms with E-state index in [0.29, 0.717) is 30.4 Å². The highest BCUT2D eigenvalue weighted by molar-refractivity contribution is 5.90. The van der Waals surface area contributed by atoms with Crippen LogP contribution in [0.25, 0.3) is 5.78 Å². The third-order valence-electron chi connectivity index (χ3n) is 3.35. The number of para-hydroxylation sites is 2. The monoisotopic (exact) mass is 327 g/mol. The van der Waals surface area contributed by atoms with Crippen molar-refractivity contribution in [3.05, 3.63) is 48.0 Å². The maximum Gasteiger partial charge on any atom is 0.291 e. The Morgan fingerprint density at radius 1 is 1.25 bits per heavy atom. The van der Waals surface area contributed by atoms with Crippen molar-refractivity contribution in [3.63, 3.8) is 0 Å². The van der Waals surface area contributed by atoms with E-state index in [0.717, 1.165) is 5.69 Å². The number of ether oxygens (including phenoxy) is 2. The van der Waals surface area contributed by atoms with Gasteiger partial charge in [-0.05, 0) is 25.1 Å². The average Bonchev–Trinajstić information content (AvgIpc) is 3.04. The fraction of sp³-hybridized carbons (Fsp3) is 0.250. The molecule has 0 saturated heterocycles. The summed E-state index contributed by atoms with van der Waals surface area (Å²) in [5.74, 6) is 1.37. The third kappa shape index (κ3) is 3.27. The molecule has 2 aromatic heterocycles. The van der Waals surface area contributed by atoms with Crippen LogP contribution in [0.3, 0.4) is 0 Å². The quantitative estimate of drug-likeness (QED) is 0.685. The predicted octanol–water partition coefficient (Wildman–Crippen LogP) is 1.25. The Labute approximate surface area is 138 Å². The van der Waals surface area contributed by atoms with Crippen LogP contribution < -0.4 is 14.8 Å². The summed E-state index contributed by atoms with van der Waals surface area (Å²) < 4.78 is 12.3. The summed E-state index contributed by atoms with van der Waals surface area (Å²) in [4.78, 5) is 20.3. The molecule has 1 amide bonds. The van der Waals surface area contributed by atoms with E-state index in [1.165, 1.54) is 4.52 Å². The summed E-state index contributed by atoms with van der Waals surface area (Å²) in [6, 6.07) is 9.12. The molecule has 0 aliphatic carbocycles. The number of benzene rings is 1. The second kappa shape index (κ2) is 6.95. The van der Waals surface area contributed by atoms with Crippen LogP contribution in [0.5, 0.6) is 11.5 Å². The molecule has 3 aromatic rings. The number of hydrogen-bond donors (Lipinski definition) is 1. The molecular formula is C16H17N5O3. The average molecular weight is 327 g/mol. The maximum atomic E-state index is 12.1. The second-order valence-corrected chi connectivity index (χ2v) is 4.99. The van der Waals surface area contributed by atoms with Crippen LogP contribution in [0.2, 0.25) is 0 Å². The van der Waals surface area contributed by atoms with Crippen molar-refractivity contribution in [2.45, 2.75) is 6.92 Å². The molecule has 0 radical (unpaired) electrons. The van der Waals surface area contributed by atoms with E-state index in [9.17, 15) is 4.79 Å². The van der Waals surface area contributed by atoms with Gasteiger partial charge in [-0.25, -0.2) is 9.50 Å². The first-order valence-corrected chi connectivity index (χ1v) is 7.41. The zero-order valence-electron chi connectivity index (χ0n) is 13.4. The van der Waals surface area contributed by atoms with Crippen LogP contribution in [0, 0.1) is 6.92 Å². The van der Waals surface area contributed by atoms with Crippen molar-refractivity contribution in [1.29, 1.82) is 0 Å². The Morgan fingerprint density at radius 3 is 2.79 bits per heavy atom. The maximum absolute atomic E-state index is 12.1. The highest BCUT2D eigenvalue weighted by atomic mass is 16.5. The molecule has 124 valence electrons. The van der Waals surface area contributed by atoms with Crippen molar-refractivity contribution in [2.24, 2.45) is 0 Å². The number of rotatable bonds is 6. The first-order valence-electron chi connectivity index (χ1n) is 7.41. The summed E-state index contributed by atoms with van der Waals surface area (Å²) in [6.07, 6.45) is 1.63. The van der Waals surface area contributed by atoms with Gasteiger partial charge in [0.1, 0.15) is 6.61 Å². The Balaban J connectivity index is 1.56. The number of hydrogen-bond acceptors (Lipinski definition) is 6. The molecule has 3 rings (SSSR count). The van der Waals surface area contributed by atoms with E-state index in [4.69, 9.17) is 9.47 Å². The minimum absolute atomic E-state index is 0.0779. The van der Waals surface area contributed by atoms with Gasteiger partial charge < -0.3 is 14.8 Å².